The topological polar surface area (TPSA) is 139 Å². The Labute approximate surface area is 119 Å². The summed E-state index contributed by atoms with van der Waals surface area (Å²) in [6, 6.07) is 3.41. The van der Waals surface area contributed by atoms with Crippen molar-refractivity contribution in [3.63, 3.8) is 0 Å². The van der Waals surface area contributed by atoms with E-state index in [0.29, 0.717) is 0 Å². The molecule has 0 saturated heterocycles. The zero-order valence-electron chi connectivity index (χ0n) is 10.0. The van der Waals surface area contributed by atoms with Crippen molar-refractivity contribution < 1.29 is 27.5 Å². The van der Waals surface area contributed by atoms with E-state index in [0.717, 1.165) is 12.1 Å². The molecule has 0 aromatic heterocycles. The minimum Gasteiger partial charge on any atom is -0.480 e. The third-order valence-electron chi connectivity index (χ3n) is 1.94. The fraction of sp³-hybridized carbons (Fsp3) is 0.200. The van der Waals surface area contributed by atoms with Crippen molar-refractivity contribution in [2.24, 2.45) is 11.5 Å². The number of carbonyl (C=O) groups excluding carboxylic acids is 2. The predicted molar refractivity (Wildman–Crippen MR) is 68.9 cm³/mol. The molecule has 1 aromatic rings. The maximum absolute atomic E-state index is 11.2. The second-order valence-electron chi connectivity index (χ2n) is 3.56. The van der Waals surface area contributed by atoms with Crippen LogP contribution in [-0.2, 0) is 18.6 Å². The second kappa shape index (κ2) is 6.44. The Morgan fingerprint density at radius 1 is 1.05 bits per heavy atom. The summed E-state index contributed by atoms with van der Waals surface area (Å²) in [7, 11) is 1.20. The Kier molecular flexibility index (Phi) is 5.17. The largest absolute Gasteiger partial charge is 0.480 e. The molecule has 0 saturated carbocycles. The molecular weight excluding hydrogens is 312 g/mol. The van der Waals surface area contributed by atoms with Gasteiger partial charge in [-0.05, 0) is 12.1 Å². The highest BCUT2D eigenvalue weighted by molar-refractivity contribution is 8.13. The molecule has 1 rings (SSSR count). The minimum absolute atomic E-state index is 0.0223. The molecule has 10 heteroatoms. The normalized spacial score (nSPS) is 10.8. The van der Waals surface area contributed by atoms with Crippen LogP contribution in [0, 0.1) is 0 Å². The van der Waals surface area contributed by atoms with E-state index in [2.05, 4.69) is 0 Å². The first kappa shape index (κ1) is 16.1. The van der Waals surface area contributed by atoms with Gasteiger partial charge < -0.3 is 20.9 Å². The van der Waals surface area contributed by atoms with Crippen molar-refractivity contribution in [2.75, 3.05) is 13.2 Å². The lowest BCUT2D eigenvalue weighted by Gasteiger charge is -2.11. The SMILES string of the molecule is NC(=O)COc1ccc(S(=O)(=O)Cl)cc1OCC(N)=O. The number of halogens is 1. The molecule has 20 heavy (non-hydrogen) atoms. The Morgan fingerprint density at radius 2 is 1.55 bits per heavy atom. The van der Waals surface area contributed by atoms with Gasteiger partial charge in [-0.1, -0.05) is 0 Å². The van der Waals surface area contributed by atoms with Crippen LogP contribution in [0.4, 0.5) is 0 Å². The molecule has 0 atom stereocenters. The fourth-order valence-electron chi connectivity index (χ4n) is 1.17. The van der Waals surface area contributed by atoms with Crippen LogP contribution in [0.5, 0.6) is 11.5 Å². The lowest BCUT2D eigenvalue weighted by Crippen LogP contribution is -2.22. The van der Waals surface area contributed by atoms with Gasteiger partial charge in [0.15, 0.2) is 24.7 Å². The number of ether oxygens (including phenoxy) is 2. The Balaban J connectivity index is 3.08. The van der Waals surface area contributed by atoms with E-state index < -0.39 is 34.1 Å². The molecule has 0 fully saturated rings. The summed E-state index contributed by atoms with van der Waals surface area (Å²) in [5.74, 6) is -1.59. The van der Waals surface area contributed by atoms with E-state index in [1.54, 1.807) is 0 Å². The highest BCUT2D eigenvalue weighted by Crippen LogP contribution is 2.31. The second-order valence-corrected chi connectivity index (χ2v) is 6.12. The van der Waals surface area contributed by atoms with Gasteiger partial charge in [0, 0.05) is 16.7 Å². The summed E-state index contributed by atoms with van der Waals surface area (Å²) >= 11 is 0. The molecule has 4 N–H and O–H groups in total. The summed E-state index contributed by atoms with van der Waals surface area (Å²) in [5, 5.41) is 0. The van der Waals surface area contributed by atoms with Crippen LogP contribution >= 0.6 is 10.7 Å². The first-order valence-electron chi connectivity index (χ1n) is 5.11. The van der Waals surface area contributed by atoms with Gasteiger partial charge in [0.2, 0.25) is 0 Å². The van der Waals surface area contributed by atoms with Gasteiger partial charge in [0.05, 0.1) is 4.90 Å². The third kappa shape index (κ3) is 4.94. The standard InChI is InChI=1S/C10H11ClN2O6S/c11-20(16,17)6-1-2-7(18-4-9(12)14)8(3-6)19-5-10(13)15/h1-3H,4-5H2,(H2,12,14)(H2,13,15). The molecule has 0 aliphatic rings. The maximum atomic E-state index is 11.2. The molecule has 110 valence electrons. The smallest absolute Gasteiger partial charge is 0.261 e. The first-order valence-corrected chi connectivity index (χ1v) is 7.42. The van der Waals surface area contributed by atoms with E-state index in [-0.39, 0.29) is 16.4 Å². The molecule has 1 aromatic carbocycles. The summed E-state index contributed by atoms with van der Waals surface area (Å²) in [6.45, 7) is -0.946. The molecule has 0 aliphatic carbocycles. The lowest BCUT2D eigenvalue weighted by molar-refractivity contribution is -0.121. The van der Waals surface area contributed by atoms with Crippen LogP contribution in [0.3, 0.4) is 0 Å². The van der Waals surface area contributed by atoms with Gasteiger partial charge in [0.1, 0.15) is 0 Å². The van der Waals surface area contributed by atoms with Crippen LogP contribution in [0.2, 0.25) is 0 Å². The highest BCUT2D eigenvalue weighted by Gasteiger charge is 2.15. The zero-order valence-corrected chi connectivity index (χ0v) is 11.6. The summed E-state index contributed by atoms with van der Waals surface area (Å²) < 4.78 is 32.4. The van der Waals surface area contributed by atoms with Crippen LogP contribution in [0.25, 0.3) is 0 Å². The number of benzene rings is 1. The van der Waals surface area contributed by atoms with Crippen molar-refractivity contribution in [1.29, 1.82) is 0 Å². The van der Waals surface area contributed by atoms with E-state index in [1.165, 1.54) is 6.07 Å². The number of hydrogen-bond acceptors (Lipinski definition) is 6. The Morgan fingerprint density at radius 3 is 2.00 bits per heavy atom. The molecule has 8 nitrogen and oxygen atoms in total. The van der Waals surface area contributed by atoms with Gasteiger partial charge in [0.25, 0.3) is 20.9 Å². The van der Waals surface area contributed by atoms with E-state index in [1.807, 2.05) is 0 Å². The Bertz CT molecular complexity index is 631. The van der Waals surface area contributed by atoms with E-state index in [9.17, 15) is 18.0 Å². The quantitative estimate of drug-likeness (QED) is 0.639. The van der Waals surface area contributed by atoms with Crippen LogP contribution in [-0.4, -0.2) is 33.4 Å². The summed E-state index contributed by atoms with van der Waals surface area (Å²) in [4.78, 5) is 21.1. The number of primary amides is 2. The van der Waals surface area contributed by atoms with Crippen molar-refractivity contribution in [3.05, 3.63) is 18.2 Å². The predicted octanol–water partition coefficient (Wildman–Crippen LogP) is -0.658. The zero-order chi connectivity index (χ0) is 15.3. The third-order valence-corrected chi connectivity index (χ3v) is 3.29. The van der Waals surface area contributed by atoms with Crippen molar-refractivity contribution in [3.8, 4) is 11.5 Å². The van der Waals surface area contributed by atoms with Gasteiger partial charge in [-0.3, -0.25) is 9.59 Å². The van der Waals surface area contributed by atoms with Gasteiger partial charge in [-0.15, -0.1) is 0 Å². The van der Waals surface area contributed by atoms with Crippen LogP contribution in [0.15, 0.2) is 23.1 Å². The number of carbonyl (C=O) groups is 2. The van der Waals surface area contributed by atoms with Crippen LogP contribution < -0.4 is 20.9 Å². The molecule has 0 radical (unpaired) electrons. The number of nitrogens with two attached hydrogens (primary N) is 2. The Hall–Kier alpha value is -2.00. The van der Waals surface area contributed by atoms with E-state index in [4.69, 9.17) is 31.6 Å². The number of rotatable bonds is 7. The molecule has 0 bridgehead atoms. The van der Waals surface area contributed by atoms with Gasteiger partial charge in [-0.2, -0.15) is 0 Å². The number of hydrogen-bond donors (Lipinski definition) is 2. The molecule has 0 unspecified atom stereocenters. The lowest BCUT2D eigenvalue weighted by atomic mass is 10.3. The fourth-order valence-corrected chi connectivity index (χ4v) is 1.94. The average Bonchev–Trinajstić information content (AvgIpc) is 2.32. The van der Waals surface area contributed by atoms with Crippen LogP contribution in [0.1, 0.15) is 0 Å². The molecule has 2 amide bonds. The van der Waals surface area contributed by atoms with Crippen molar-refractivity contribution in [1.82, 2.24) is 0 Å². The maximum Gasteiger partial charge on any atom is 0.261 e. The van der Waals surface area contributed by atoms with Gasteiger partial charge in [-0.25, -0.2) is 8.42 Å². The van der Waals surface area contributed by atoms with Gasteiger partial charge >= 0.3 is 0 Å². The van der Waals surface area contributed by atoms with Crippen molar-refractivity contribution >= 4 is 31.5 Å². The molecule has 0 spiro atoms. The first-order chi connectivity index (χ1) is 9.20. The highest BCUT2D eigenvalue weighted by atomic mass is 35.7. The molecule has 0 heterocycles. The monoisotopic (exact) mass is 322 g/mol. The minimum atomic E-state index is -3.98. The average molecular weight is 323 g/mol. The number of amides is 2. The molecular formula is C10H11ClN2O6S. The summed E-state index contributed by atoms with van der Waals surface area (Å²) in [5.41, 5.74) is 9.83. The molecule has 0 aliphatic heterocycles. The summed E-state index contributed by atoms with van der Waals surface area (Å²) in [6.07, 6.45) is 0. The van der Waals surface area contributed by atoms with Crippen molar-refractivity contribution in [2.45, 2.75) is 4.90 Å². The van der Waals surface area contributed by atoms with E-state index >= 15 is 0 Å².